The summed E-state index contributed by atoms with van der Waals surface area (Å²) in [5, 5.41) is 10.4. The minimum atomic E-state index is 0. The molecule has 3 N–H and O–H groups in total. The highest BCUT2D eigenvalue weighted by Gasteiger charge is 2.26. The molecule has 3 fully saturated rings. The van der Waals surface area contributed by atoms with Crippen molar-refractivity contribution in [1.29, 1.82) is 0 Å². The van der Waals surface area contributed by atoms with Crippen molar-refractivity contribution in [3.8, 4) is 0 Å². The van der Waals surface area contributed by atoms with E-state index < -0.39 is 0 Å². The summed E-state index contributed by atoms with van der Waals surface area (Å²) in [4.78, 5) is 22.4. The van der Waals surface area contributed by atoms with Crippen LogP contribution in [0.15, 0.2) is 91.0 Å². The van der Waals surface area contributed by atoms with Crippen LogP contribution in [0.3, 0.4) is 0 Å². The number of para-hydroxylation sites is 3. The second-order valence-corrected chi connectivity index (χ2v) is 22.7. The number of anilines is 3. The molecule has 3 aliphatic rings. The first-order valence-electron chi connectivity index (χ1n) is 24.7. The molecule has 9 aromatic rings. The highest BCUT2D eigenvalue weighted by Crippen LogP contribution is 2.36. The van der Waals surface area contributed by atoms with Gasteiger partial charge < -0.3 is 103 Å². The molecule has 0 aliphatic carbocycles. The van der Waals surface area contributed by atoms with Crippen molar-refractivity contribution in [2.24, 2.45) is 0 Å². The number of aryl methyl sites for hydroxylation is 6. The molecule has 12 rings (SSSR count). The van der Waals surface area contributed by atoms with Gasteiger partial charge in [-0.05, 0) is 114 Å². The van der Waals surface area contributed by atoms with Crippen LogP contribution in [-0.4, -0.2) is 92.0 Å². The van der Waals surface area contributed by atoms with Crippen molar-refractivity contribution in [3.63, 3.8) is 0 Å². The van der Waals surface area contributed by atoms with E-state index in [-0.39, 0.29) is 71.9 Å². The fourth-order valence-corrected chi connectivity index (χ4v) is 13.8. The Hall–Kier alpha value is -3.15. The SMILES string of the molecule is Cc1cccc2[s+]c3cc(N4CCNCC4C)cc(C)c3nc12.Cc1cccc2[s+]c3cc(N4CCNCC4C)cc(C)c3nc12.Cc1cccc2[s+]c3cc(N4CCNCC4C)cc(C)c3nc12.[I-].[I-].[I-]. The van der Waals surface area contributed by atoms with Crippen LogP contribution in [0, 0.1) is 41.5 Å². The van der Waals surface area contributed by atoms with Crippen LogP contribution in [-0.2, 0) is 0 Å². The number of fused-ring (bicyclic) bond motifs is 6. The van der Waals surface area contributed by atoms with E-state index in [4.69, 9.17) is 15.0 Å². The number of rotatable bonds is 3. The van der Waals surface area contributed by atoms with Crippen LogP contribution in [0.25, 0.3) is 61.3 Å². The molecule has 6 heterocycles. The molecular formula is C57H66I3N9S3. The van der Waals surface area contributed by atoms with E-state index in [0.29, 0.717) is 18.1 Å². The van der Waals surface area contributed by atoms with Crippen molar-refractivity contribution < 1.29 is 71.9 Å². The van der Waals surface area contributed by atoms with Gasteiger partial charge in [0.15, 0.2) is 0 Å². The van der Waals surface area contributed by atoms with Gasteiger partial charge in [-0.25, -0.2) is 15.0 Å². The zero-order chi connectivity index (χ0) is 47.9. The van der Waals surface area contributed by atoms with Gasteiger partial charge in [0.05, 0.1) is 0 Å². The van der Waals surface area contributed by atoms with E-state index in [2.05, 4.69) is 184 Å². The molecule has 0 saturated carbocycles. The molecule has 6 aromatic carbocycles. The van der Waals surface area contributed by atoms with Crippen LogP contribution >= 0.6 is 34.0 Å². The van der Waals surface area contributed by atoms with E-state index in [1.165, 1.54) is 78.6 Å². The normalized spacial score (nSPS) is 18.0. The van der Waals surface area contributed by atoms with Crippen molar-refractivity contribution in [2.45, 2.75) is 80.4 Å². The standard InChI is InChI=1S/3C19H22N3S.3HI/c3*1-12-5-4-6-16-18(12)21-19-13(2)9-15(10-17(19)23-16)22-8-7-20-11-14(22)3;;;/h3*4-6,9-10,14,20H,7-8,11H2,1-3H3;3*1H/q3*+1;;;/p-3. The summed E-state index contributed by atoms with van der Waals surface area (Å²) >= 11 is 5.56. The summed E-state index contributed by atoms with van der Waals surface area (Å²) in [6.45, 7) is 29.4. The van der Waals surface area contributed by atoms with Crippen molar-refractivity contribution in [3.05, 3.63) is 124 Å². The number of halogens is 3. The topological polar surface area (TPSA) is 84.5 Å². The molecule has 3 aliphatic heterocycles. The lowest BCUT2D eigenvalue weighted by Crippen LogP contribution is -3.00. The number of piperazine rings is 3. The Morgan fingerprint density at radius 2 is 0.639 bits per heavy atom. The number of aromatic nitrogens is 3. The van der Waals surface area contributed by atoms with Gasteiger partial charge in [-0.2, -0.15) is 0 Å². The van der Waals surface area contributed by atoms with Crippen LogP contribution < -0.4 is 103 Å². The van der Waals surface area contributed by atoms with Gasteiger partial charge in [0, 0.05) is 130 Å². The highest BCUT2D eigenvalue weighted by molar-refractivity contribution is 7.25. The van der Waals surface area contributed by atoms with Crippen molar-refractivity contribution >= 4 is 112 Å². The number of hydrogen-bond donors (Lipinski definition) is 3. The predicted molar refractivity (Wildman–Crippen MR) is 302 cm³/mol. The van der Waals surface area contributed by atoms with E-state index >= 15 is 0 Å². The molecule has 15 heteroatoms. The zero-order valence-electron chi connectivity index (χ0n) is 42.8. The van der Waals surface area contributed by atoms with Gasteiger partial charge in [-0.3, -0.25) is 0 Å². The molecule has 3 saturated heterocycles. The Morgan fingerprint density at radius 1 is 0.375 bits per heavy atom. The Kier molecular flexibility index (Phi) is 19.4. The van der Waals surface area contributed by atoms with Gasteiger partial charge >= 0.3 is 0 Å². The van der Waals surface area contributed by atoms with Crippen LogP contribution in [0.1, 0.15) is 54.2 Å². The quantitative estimate of drug-likeness (QED) is 0.140. The van der Waals surface area contributed by atoms with Gasteiger partial charge in [0.1, 0.15) is 33.1 Å². The molecule has 3 unspecified atom stereocenters. The number of benzene rings is 6. The summed E-state index contributed by atoms with van der Waals surface area (Å²) < 4.78 is 7.64. The van der Waals surface area contributed by atoms with Gasteiger partial charge in [0.25, 0.3) is 28.2 Å². The number of nitrogens with zero attached hydrogens (tertiary/aromatic N) is 6. The minimum Gasteiger partial charge on any atom is -1.00 e. The molecule has 378 valence electrons. The number of nitrogens with one attached hydrogen (secondary N) is 3. The summed E-state index contributed by atoms with van der Waals surface area (Å²) in [7, 11) is 0. The third-order valence-corrected chi connectivity index (χ3v) is 17.4. The molecular weight excluding hydrogens is 1290 g/mol. The minimum absolute atomic E-state index is 0. The summed E-state index contributed by atoms with van der Waals surface area (Å²) in [5.41, 5.74) is 18.4. The van der Waals surface area contributed by atoms with Crippen LogP contribution in [0.2, 0.25) is 0 Å². The zero-order valence-corrected chi connectivity index (χ0v) is 51.7. The Morgan fingerprint density at radius 3 is 0.903 bits per heavy atom. The average Bonchev–Trinajstić information content (AvgIpc) is 3.34. The van der Waals surface area contributed by atoms with E-state index in [1.54, 1.807) is 0 Å². The monoisotopic (exact) mass is 1350 g/mol. The average molecular weight is 1350 g/mol. The van der Waals surface area contributed by atoms with E-state index in [0.717, 1.165) is 92.0 Å². The van der Waals surface area contributed by atoms with Gasteiger partial charge in [0.2, 0.25) is 34.0 Å². The molecule has 0 bridgehead atoms. The Balaban J connectivity index is 0.000000155. The first-order chi connectivity index (χ1) is 33.4. The highest BCUT2D eigenvalue weighted by atomic mass is 127. The molecule has 3 atom stereocenters. The smallest absolute Gasteiger partial charge is 0.259 e. The summed E-state index contributed by atoms with van der Waals surface area (Å²) in [6, 6.07) is 34.8. The molecule has 72 heavy (non-hydrogen) atoms. The van der Waals surface area contributed by atoms with E-state index in [9.17, 15) is 0 Å². The summed E-state index contributed by atoms with van der Waals surface area (Å²) in [6.07, 6.45) is 0. The first-order valence-corrected chi connectivity index (χ1v) is 27.2. The lowest BCUT2D eigenvalue weighted by atomic mass is 10.1. The van der Waals surface area contributed by atoms with Gasteiger partial charge in [-0.1, -0.05) is 36.4 Å². The van der Waals surface area contributed by atoms with Crippen LogP contribution in [0.4, 0.5) is 17.1 Å². The fraction of sp³-hybridized carbons (Fsp3) is 0.368. The Bertz CT molecular complexity index is 3040. The third kappa shape index (κ3) is 11.9. The first kappa shape index (κ1) is 56.6. The third-order valence-electron chi connectivity index (χ3n) is 14.2. The van der Waals surface area contributed by atoms with Crippen molar-refractivity contribution in [1.82, 2.24) is 30.9 Å². The van der Waals surface area contributed by atoms with Crippen molar-refractivity contribution in [2.75, 3.05) is 73.6 Å². The molecule has 0 spiro atoms. The second-order valence-electron chi connectivity index (χ2n) is 19.5. The van der Waals surface area contributed by atoms with E-state index in [1.807, 2.05) is 34.0 Å². The summed E-state index contributed by atoms with van der Waals surface area (Å²) in [5.74, 6) is 0. The Labute approximate surface area is 488 Å². The molecule has 0 amide bonds. The lowest BCUT2D eigenvalue weighted by molar-refractivity contribution is -0.00100. The largest absolute Gasteiger partial charge is 1.00 e. The maximum Gasteiger partial charge on any atom is 0.259 e. The maximum absolute atomic E-state index is 4.96. The predicted octanol–water partition coefficient (Wildman–Crippen LogP) is 3.45. The molecule has 3 aromatic heterocycles. The van der Waals surface area contributed by atoms with Gasteiger partial charge in [-0.15, -0.1) is 0 Å². The lowest BCUT2D eigenvalue weighted by Gasteiger charge is -2.35. The molecule has 0 radical (unpaired) electrons. The maximum atomic E-state index is 4.96. The molecule has 9 nitrogen and oxygen atoms in total. The fourth-order valence-electron chi connectivity index (χ4n) is 10.3. The van der Waals surface area contributed by atoms with Crippen LogP contribution in [0.5, 0.6) is 0 Å². The number of hydrogen-bond acceptors (Lipinski definition) is 9. The second kappa shape index (κ2) is 24.7.